The number of alkyl halides is 2. The number of nitrogens with zero attached hydrogens (tertiary/aromatic N) is 1. The number of carbonyl (C=O) groups excluding carboxylic acids is 2. The highest BCUT2D eigenvalue weighted by Crippen LogP contribution is 2.39. The molecular formula is C20H32F2N2O4. The Bertz CT molecular complexity index is 563. The number of carbonyl (C=O) groups is 2. The van der Waals surface area contributed by atoms with Crippen LogP contribution in [0.25, 0.3) is 0 Å². The topological polar surface area (TPSA) is 67.9 Å². The number of likely N-dealkylation sites (tertiary alicyclic amines) is 1. The second-order valence-corrected chi connectivity index (χ2v) is 8.83. The van der Waals surface area contributed by atoms with E-state index < -0.39 is 18.1 Å². The molecule has 2 amide bonds. The number of rotatable bonds is 6. The number of piperidine rings is 1. The van der Waals surface area contributed by atoms with Crippen molar-refractivity contribution in [3.8, 4) is 0 Å². The van der Waals surface area contributed by atoms with Crippen molar-refractivity contribution in [3.63, 3.8) is 0 Å². The molecule has 0 aromatic rings. The minimum Gasteiger partial charge on any atom is -0.380 e. The summed E-state index contributed by atoms with van der Waals surface area (Å²) in [6.07, 6.45) is 1.95. The number of halogens is 2. The molecule has 3 aliphatic rings. The van der Waals surface area contributed by atoms with Crippen LogP contribution in [0, 0.1) is 11.3 Å². The summed E-state index contributed by atoms with van der Waals surface area (Å²) in [6, 6.07) is -0.755. The Morgan fingerprint density at radius 2 is 1.79 bits per heavy atom. The Morgan fingerprint density at radius 3 is 2.29 bits per heavy atom. The SMILES string of the molecule is CC(=O)NC(C(=O)N1CCC2(CC1)COC2)C(C)OCC1CCC(F)(F)CC1. The lowest BCUT2D eigenvalue weighted by molar-refractivity contribution is -0.157. The summed E-state index contributed by atoms with van der Waals surface area (Å²) < 4.78 is 37.8. The maximum Gasteiger partial charge on any atom is 0.248 e. The highest BCUT2D eigenvalue weighted by atomic mass is 19.3. The van der Waals surface area contributed by atoms with Gasteiger partial charge in [0.25, 0.3) is 0 Å². The molecule has 0 aromatic heterocycles. The van der Waals surface area contributed by atoms with Gasteiger partial charge in [-0.2, -0.15) is 0 Å². The van der Waals surface area contributed by atoms with E-state index in [1.165, 1.54) is 6.92 Å². The molecule has 2 atom stereocenters. The molecule has 1 saturated carbocycles. The summed E-state index contributed by atoms with van der Waals surface area (Å²) in [6.45, 7) is 6.33. The molecule has 2 saturated heterocycles. The van der Waals surface area contributed by atoms with Gasteiger partial charge < -0.3 is 19.7 Å². The molecule has 1 N–H and O–H groups in total. The molecule has 1 aliphatic carbocycles. The van der Waals surface area contributed by atoms with E-state index in [1.54, 1.807) is 11.8 Å². The molecule has 3 rings (SSSR count). The molecule has 0 radical (unpaired) electrons. The molecule has 8 heteroatoms. The van der Waals surface area contributed by atoms with Gasteiger partial charge in [0.15, 0.2) is 0 Å². The molecule has 28 heavy (non-hydrogen) atoms. The van der Waals surface area contributed by atoms with Crippen LogP contribution in [0.5, 0.6) is 0 Å². The number of amides is 2. The molecular weight excluding hydrogens is 370 g/mol. The van der Waals surface area contributed by atoms with E-state index in [1.807, 2.05) is 0 Å². The molecule has 1 spiro atoms. The van der Waals surface area contributed by atoms with Crippen molar-refractivity contribution in [1.82, 2.24) is 10.2 Å². The van der Waals surface area contributed by atoms with Crippen LogP contribution in [0.2, 0.25) is 0 Å². The third-order valence-electron chi connectivity index (χ3n) is 6.48. The predicted molar refractivity (Wildman–Crippen MR) is 99.0 cm³/mol. The fraction of sp³-hybridized carbons (Fsp3) is 0.900. The Morgan fingerprint density at radius 1 is 1.18 bits per heavy atom. The zero-order chi connectivity index (χ0) is 20.4. The van der Waals surface area contributed by atoms with Gasteiger partial charge in [-0.3, -0.25) is 9.59 Å². The summed E-state index contributed by atoms with van der Waals surface area (Å²) >= 11 is 0. The number of hydrogen-bond donors (Lipinski definition) is 1. The lowest BCUT2D eigenvalue weighted by Crippen LogP contribution is -2.58. The third kappa shape index (κ3) is 5.20. The maximum absolute atomic E-state index is 13.3. The van der Waals surface area contributed by atoms with E-state index in [9.17, 15) is 18.4 Å². The summed E-state index contributed by atoms with van der Waals surface area (Å²) in [4.78, 5) is 26.5. The zero-order valence-electron chi connectivity index (χ0n) is 16.8. The Kier molecular flexibility index (Phi) is 6.59. The minimum atomic E-state index is -2.56. The fourth-order valence-corrected chi connectivity index (χ4v) is 4.33. The fourth-order valence-electron chi connectivity index (χ4n) is 4.33. The van der Waals surface area contributed by atoms with Gasteiger partial charge in [0.2, 0.25) is 17.7 Å². The summed E-state index contributed by atoms with van der Waals surface area (Å²) in [5, 5.41) is 2.73. The van der Waals surface area contributed by atoms with Gasteiger partial charge in [0.05, 0.1) is 19.3 Å². The van der Waals surface area contributed by atoms with Gasteiger partial charge in [0.1, 0.15) is 6.04 Å². The lowest BCUT2D eigenvalue weighted by atomic mass is 9.76. The predicted octanol–water partition coefficient (Wildman–Crippen LogP) is 2.36. The van der Waals surface area contributed by atoms with E-state index >= 15 is 0 Å². The molecule has 3 fully saturated rings. The van der Waals surface area contributed by atoms with E-state index in [4.69, 9.17) is 9.47 Å². The van der Waals surface area contributed by atoms with Crippen LogP contribution in [0.3, 0.4) is 0 Å². The lowest BCUT2D eigenvalue weighted by Gasteiger charge is -2.47. The zero-order valence-corrected chi connectivity index (χ0v) is 16.8. The molecule has 0 bridgehead atoms. The normalized spacial score (nSPS) is 26.4. The van der Waals surface area contributed by atoms with Gasteiger partial charge in [-0.1, -0.05) is 0 Å². The summed E-state index contributed by atoms with van der Waals surface area (Å²) in [7, 11) is 0. The largest absolute Gasteiger partial charge is 0.380 e. The minimum absolute atomic E-state index is 0.0728. The molecule has 0 aromatic carbocycles. The van der Waals surface area contributed by atoms with Gasteiger partial charge >= 0.3 is 0 Å². The first-order valence-corrected chi connectivity index (χ1v) is 10.3. The van der Waals surface area contributed by atoms with Crippen molar-refractivity contribution < 1.29 is 27.8 Å². The van der Waals surface area contributed by atoms with E-state index in [0.29, 0.717) is 32.5 Å². The second kappa shape index (κ2) is 8.61. The Balaban J connectivity index is 1.51. The van der Waals surface area contributed by atoms with Crippen molar-refractivity contribution in [1.29, 1.82) is 0 Å². The van der Waals surface area contributed by atoms with Crippen LogP contribution in [-0.2, 0) is 19.1 Å². The highest BCUT2D eigenvalue weighted by Gasteiger charge is 2.43. The number of nitrogens with one attached hydrogen (secondary N) is 1. The number of ether oxygens (including phenoxy) is 2. The first-order chi connectivity index (χ1) is 13.2. The van der Waals surface area contributed by atoms with Crippen LogP contribution in [0.4, 0.5) is 8.78 Å². The van der Waals surface area contributed by atoms with Crippen molar-refractivity contribution in [3.05, 3.63) is 0 Å². The van der Waals surface area contributed by atoms with Crippen LogP contribution in [0.15, 0.2) is 0 Å². The molecule has 2 heterocycles. The Hall–Kier alpha value is -1.28. The second-order valence-electron chi connectivity index (χ2n) is 8.83. The van der Waals surface area contributed by atoms with Crippen molar-refractivity contribution >= 4 is 11.8 Å². The molecule has 160 valence electrons. The smallest absolute Gasteiger partial charge is 0.248 e. The van der Waals surface area contributed by atoms with Gasteiger partial charge in [-0.05, 0) is 38.5 Å². The average molecular weight is 402 g/mol. The van der Waals surface area contributed by atoms with Crippen molar-refractivity contribution in [2.75, 3.05) is 32.9 Å². The van der Waals surface area contributed by atoms with E-state index in [0.717, 1.165) is 26.1 Å². The summed E-state index contributed by atoms with van der Waals surface area (Å²) in [5.41, 5.74) is 0.228. The van der Waals surface area contributed by atoms with E-state index in [2.05, 4.69) is 5.32 Å². The first-order valence-electron chi connectivity index (χ1n) is 10.3. The van der Waals surface area contributed by atoms with Gasteiger partial charge in [-0.25, -0.2) is 8.78 Å². The van der Waals surface area contributed by atoms with Crippen molar-refractivity contribution in [2.45, 2.75) is 70.4 Å². The first kappa shape index (κ1) is 21.4. The summed E-state index contributed by atoms with van der Waals surface area (Å²) in [5.74, 6) is -2.91. The standard InChI is InChI=1S/C20H32F2N2O4/c1-14(28-11-16-3-5-20(21,22)6-4-16)17(23-15(2)25)18(26)24-9-7-19(8-10-24)12-27-13-19/h14,16-17H,3-13H2,1-2H3,(H,23,25). The average Bonchev–Trinajstić information content (AvgIpc) is 2.63. The molecule has 2 aliphatic heterocycles. The quantitative estimate of drug-likeness (QED) is 0.741. The van der Waals surface area contributed by atoms with Crippen LogP contribution < -0.4 is 5.32 Å². The number of hydrogen-bond acceptors (Lipinski definition) is 4. The van der Waals surface area contributed by atoms with E-state index in [-0.39, 0.29) is 36.0 Å². The maximum atomic E-state index is 13.3. The molecule has 6 nitrogen and oxygen atoms in total. The third-order valence-corrected chi connectivity index (χ3v) is 6.48. The van der Waals surface area contributed by atoms with Crippen LogP contribution >= 0.6 is 0 Å². The highest BCUT2D eigenvalue weighted by molar-refractivity contribution is 5.87. The van der Waals surface area contributed by atoms with Crippen LogP contribution in [0.1, 0.15) is 52.4 Å². The van der Waals surface area contributed by atoms with Crippen molar-refractivity contribution in [2.24, 2.45) is 11.3 Å². The molecule has 2 unspecified atom stereocenters. The van der Waals surface area contributed by atoms with Gasteiger partial charge in [-0.15, -0.1) is 0 Å². The monoisotopic (exact) mass is 402 g/mol. The Labute approximate surface area is 165 Å². The van der Waals surface area contributed by atoms with Gasteiger partial charge in [0, 0.05) is 44.9 Å². The van der Waals surface area contributed by atoms with Crippen LogP contribution in [-0.4, -0.2) is 67.7 Å².